The fourth-order valence-corrected chi connectivity index (χ4v) is 3.63. The molecule has 162 valence electrons. The van der Waals surface area contributed by atoms with Crippen LogP contribution in [0.4, 0.5) is 5.82 Å². The van der Waals surface area contributed by atoms with Gasteiger partial charge in [0.25, 0.3) is 5.91 Å². The van der Waals surface area contributed by atoms with Crippen LogP contribution in [0.1, 0.15) is 34.5 Å². The summed E-state index contributed by atoms with van der Waals surface area (Å²) < 4.78 is 0. The SMILES string of the molecule is CNC(=O)c1ccnc2c(C(C)CNc3cc(-c4ccnc(CO)c4)ncn3)cccc12. The Morgan fingerprint density at radius 2 is 1.91 bits per heavy atom. The van der Waals surface area contributed by atoms with Crippen LogP contribution in [0.15, 0.2) is 61.2 Å². The van der Waals surface area contributed by atoms with Crippen molar-refractivity contribution in [3.63, 3.8) is 0 Å². The lowest BCUT2D eigenvalue weighted by atomic mass is 9.96. The second kappa shape index (κ2) is 9.49. The summed E-state index contributed by atoms with van der Waals surface area (Å²) in [6, 6.07) is 13.2. The van der Waals surface area contributed by atoms with Gasteiger partial charge >= 0.3 is 0 Å². The monoisotopic (exact) mass is 428 g/mol. The van der Waals surface area contributed by atoms with Gasteiger partial charge in [-0.05, 0) is 23.8 Å². The maximum Gasteiger partial charge on any atom is 0.251 e. The molecule has 1 aromatic carbocycles. The third kappa shape index (κ3) is 4.40. The highest BCUT2D eigenvalue weighted by Crippen LogP contribution is 2.27. The predicted molar refractivity (Wildman–Crippen MR) is 123 cm³/mol. The molecule has 0 saturated heterocycles. The molecule has 3 N–H and O–H groups in total. The molecular weight excluding hydrogens is 404 g/mol. The van der Waals surface area contributed by atoms with Crippen molar-refractivity contribution in [3.05, 3.63) is 78.0 Å². The van der Waals surface area contributed by atoms with Gasteiger partial charge in [0.1, 0.15) is 12.1 Å². The first-order valence-electron chi connectivity index (χ1n) is 10.3. The number of aliphatic hydroxyl groups is 1. The third-order valence-corrected chi connectivity index (χ3v) is 5.34. The zero-order valence-corrected chi connectivity index (χ0v) is 17.9. The first-order valence-corrected chi connectivity index (χ1v) is 10.3. The number of aliphatic hydroxyl groups excluding tert-OH is 1. The number of benzene rings is 1. The van der Waals surface area contributed by atoms with E-state index in [-0.39, 0.29) is 18.4 Å². The minimum absolute atomic E-state index is 0.117. The van der Waals surface area contributed by atoms with E-state index in [1.54, 1.807) is 31.6 Å². The van der Waals surface area contributed by atoms with E-state index in [2.05, 4.69) is 37.5 Å². The number of amides is 1. The first kappa shape index (κ1) is 21.3. The van der Waals surface area contributed by atoms with Crippen molar-refractivity contribution in [2.75, 3.05) is 18.9 Å². The molecular formula is C24H24N6O2. The molecule has 1 atom stereocenters. The van der Waals surface area contributed by atoms with Crippen molar-refractivity contribution in [1.82, 2.24) is 25.3 Å². The van der Waals surface area contributed by atoms with Crippen molar-refractivity contribution < 1.29 is 9.90 Å². The van der Waals surface area contributed by atoms with Crippen molar-refractivity contribution in [2.45, 2.75) is 19.4 Å². The molecule has 3 aromatic heterocycles. The van der Waals surface area contributed by atoms with Crippen molar-refractivity contribution in [3.8, 4) is 11.3 Å². The van der Waals surface area contributed by atoms with E-state index in [1.165, 1.54) is 6.33 Å². The van der Waals surface area contributed by atoms with Gasteiger partial charge in [-0.25, -0.2) is 9.97 Å². The van der Waals surface area contributed by atoms with Crippen molar-refractivity contribution >= 4 is 22.6 Å². The number of para-hydroxylation sites is 1. The highest BCUT2D eigenvalue weighted by molar-refractivity contribution is 6.06. The molecule has 8 nitrogen and oxygen atoms in total. The van der Waals surface area contributed by atoms with Crippen LogP contribution in [0, 0.1) is 0 Å². The average Bonchev–Trinajstić information content (AvgIpc) is 2.86. The lowest BCUT2D eigenvalue weighted by Gasteiger charge is -2.16. The first-order chi connectivity index (χ1) is 15.6. The van der Waals surface area contributed by atoms with Gasteiger partial charge in [-0.3, -0.25) is 14.8 Å². The van der Waals surface area contributed by atoms with Gasteiger partial charge in [-0.2, -0.15) is 0 Å². The Hall–Kier alpha value is -3.91. The molecule has 0 saturated carbocycles. The molecule has 32 heavy (non-hydrogen) atoms. The number of carbonyl (C=O) groups is 1. The third-order valence-electron chi connectivity index (χ3n) is 5.34. The molecule has 0 radical (unpaired) electrons. The van der Waals surface area contributed by atoms with E-state index < -0.39 is 0 Å². The normalized spacial score (nSPS) is 11.8. The molecule has 8 heteroatoms. The molecule has 0 aliphatic heterocycles. The molecule has 4 rings (SSSR count). The van der Waals surface area contributed by atoms with Gasteiger partial charge in [-0.15, -0.1) is 0 Å². The number of nitrogens with one attached hydrogen (secondary N) is 2. The van der Waals surface area contributed by atoms with E-state index >= 15 is 0 Å². The Kier molecular flexibility index (Phi) is 6.32. The molecule has 0 bridgehead atoms. The zero-order valence-electron chi connectivity index (χ0n) is 17.9. The van der Waals surface area contributed by atoms with Gasteiger partial charge in [-0.1, -0.05) is 25.1 Å². The summed E-state index contributed by atoms with van der Waals surface area (Å²) in [4.78, 5) is 29.5. The fourth-order valence-electron chi connectivity index (χ4n) is 3.63. The topological polar surface area (TPSA) is 113 Å². The molecule has 4 aromatic rings. The number of hydrogen-bond acceptors (Lipinski definition) is 7. The van der Waals surface area contributed by atoms with Crippen molar-refractivity contribution in [2.24, 2.45) is 0 Å². The lowest BCUT2D eigenvalue weighted by molar-refractivity contribution is 0.0964. The van der Waals surface area contributed by atoms with E-state index in [0.717, 1.165) is 27.7 Å². The Bertz CT molecular complexity index is 1260. The number of fused-ring (bicyclic) bond motifs is 1. The summed E-state index contributed by atoms with van der Waals surface area (Å²) in [5, 5.41) is 16.2. The fraction of sp³-hybridized carbons (Fsp3) is 0.208. The van der Waals surface area contributed by atoms with Crippen LogP contribution in [0.5, 0.6) is 0 Å². The van der Waals surface area contributed by atoms with E-state index in [4.69, 9.17) is 0 Å². The molecule has 1 unspecified atom stereocenters. The molecule has 0 aliphatic rings. The standard InChI is InChI=1S/C24H24N6O2/c1-15(18-4-3-5-19-20(24(32)25-2)7-9-27-23(18)19)12-28-22-11-21(29-14-30-22)16-6-8-26-17(10-16)13-31/h3-11,14-15,31H,12-13H2,1-2H3,(H,25,32)(H,28,29,30). The number of aromatic nitrogens is 4. The predicted octanol–water partition coefficient (Wildman–Crippen LogP) is 3.15. The Morgan fingerprint density at radius 1 is 1.06 bits per heavy atom. The van der Waals surface area contributed by atoms with Crippen LogP contribution in [0.25, 0.3) is 22.2 Å². The molecule has 0 aliphatic carbocycles. The van der Waals surface area contributed by atoms with Crippen molar-refractivity contribution in [1.29, 1.82) is 0 Å². The average molecular weight is 428 g/mol. The summed E-state index contributed by atoms with van der Waals surface area (Å²) in [7, 11) is 1.62. The van der Waals surface area contributed by atoms with E-state index in [1.807, 2.05) is 30.3 Å². The molecule has 0 spiro atoms. The highest BCUT2D eigenvalue weighted by Gasteiger charge is 2.15. The number of carbonyl (C=O) groups excluding carboxylic acids is 1. The summed E-state index contributed by atoms with van der Waals surface area (Å²) in [5.74, 6) is 0.684. The summed E-state index contributed by atoms with van der Waals surface area (Å²) in [5.41, 5.74) is 4.68. The maximum atomic E-state index is 12.2. The van der Waals surface area contributed by atoms with Gasteiger partial charge in [0.15, 0.2) is 0 Å². The number of rotatable bonds is 7. The second-order valence-corrected chi connectivity index (χ2v) is 7.45. The Morgan fingerprint density at radius 3 is 2.72 bits per heavy atom. The lowest BCUT2D eigenvalue weighted by Crippen LogP contribution is -2.18. The van der Waals surface area contributed by atoms with E-state index in [0.29, 0.717) is 23.6 Å². The van der Waals surface area contributed by atoms with Crippen LogP contribution in [-0.4, -0.2) is 44.5 Å². The summed E-state index contributed by atoms with van der Waals surface area (Å²) in [6.45, 7) is 2.61. The minimum Gasteiger partial charge on any atom is -0.390 e. The van der Waals surface area contributed by atoms with Crippen LogP contribution in [0.3, 0.4) is 0 Å². The van der Waals surface area contributed by atoms with Gasteiger partial charge < -0.3 is 15.7 Å². The van der Waals surface area contributed by atoms with Crippen LogP contribution in [-0.2, 0) is 6.61 Å². The second-order valence-electron chi connectivity index (χ2n) is 7.45. The smallest absolute Gasteiger partial charge is 0.251 e. The molecule has 1 amide bonds. The van der Waals surface area contributed by atoms with Gasteiger partial charge in [0.2, 0.25) is 0 Å². The quantitative estimate of drug-likeness (QED) is 0.414. The summed E-state index contributed by atoms with van der Waals surface area (Å²) >= 11 is 0. The maximum absolute atomic E-state index is 12.2. The zero-order chi connectivity index (χ0) is 22.5. The van der Waals surface area contributed by atoms with Crippen LogP contribution >= 0.6 is 0 Å². The largest absolute Gasteiger partial charge is 0.390 e. The number of pyridine rings is 2. The van der Waals surface area contributed by atoms with E-state index in [9.17, 15) is 9.90 Å². The molecule has 0 fully saturated rings. The Balaban J connectivity index is 1.55. The minimum atomic E-state index is -0.130. The Labute approximate surface area is 185 Å². The van der Waals surface area contributed by atoms with Crippen LogP contribution < -0.4 is 10.6 Å². The molecule has 3 heterocycles. The number of nitrogens with zero attached hydrogens (tertiary/aromatic N) is 4. The van der Waals surface area contributed by atoms with Gasteiger partial charge in [0, 0.05) is 48.9 Å². The van der Waals surface area contributed by atoms with Crippen LogP contribution in [0.2, 0.25) is 0 Å². The number of anilines is 1. The highest BCUT2D eigenvalue weighted by atomic mass is 16.3. The number of hydrogen-bond donors (Lipinski definition) is 3. The van der Waals surface area contributed by atoms with Gasteiger partial charge in [0.05, 0.1) is 29.1 Å². The summed E-state index contributed by atoms with van der Waals surface area (Å²) in [6.07, 6.45) is 4.83.